The van der Waals surface area contributed by atoms with Crippen molar-refractivity contribution in [3.05, 3.63) is 45.9 Å². The van der Waals surface area contributed by atoms with Gasteiger partial charge in [0.05, 0.1) is 18.2 Å². The maximum absolute atomic E-state index is 12.2. The van der Waals surface area contributed by atoms with Crippen molar-refractivity contribution >= 4 is 17.5 Å². The number of rotatable bonds is 2. The number of nitrogens with zero attached hydrogens (tertiary/aromatic N) is 1. The summed E-state index contributed by atoms with van der Waals surface area (Å²) in [4.78, 5) is 35.4. The van der Waals surface area contributed by atoms with Gasteiger partial charge in [0.15, 0.2) is 5.75 Å². The standard InChI is InChI=1S/C14H13NO5/c1-8-12(20-9(2)16)11(14(18)19-3)10-6-4-5-7-15(10)13(8)17/h4-7H,1-3H3. The zero-order valence-electron chi connectivity index (χ0n) is 11.3. The maximum Gasteiger partial charge on any atom is 0.343 e. The quantitative estimate of drug-likeness (QED) is 0.773. The van der Waals surface area contributed by atoms with Crippen molar-refractivity contribution in [2.24, 2.45) is 0 Å². The van der Waals surface area contributed by atoms with Crippen LogP contribution in [-0.4, -0.2) is 23.4 Å². The van der Waals surface area contributed by atoms with Gasteiger partial charge >= 0.3 is 11.9 Å². The number of ether oxygens (including phenoxy) is 2. The molecule has 0 saturated carbocycles. The first-order valence-electron chi connectivity index (χ1n) is 5.88. The van der Waals surface area contributed by atoms with E-state index in [4.69, 9.17) is 9.47 Å². The molecule has 0 N–H and O–H groups in total. The Morgan fingerprint density at radius 3 is 2.55 bits per heavy atom. The number of fused-ring (bicyclic) bond motifs is 1. The van der Waals surface area contributed by atoms with Crippen LogP contribution in [0.4, 0.5) is 0 Å². The second kappa shape index (κ2) is 5.16. The van der Waals surface area contributed by atoms with E-state index in [9.17, 15) is 14.4 Å². The number of hydrogen-bond donors (Lipinski definition) is 0. The summed E-state index contributed by atoms with van der Waals surface area (Å²) in [6, 6.07) is 4.93. The lowest BCUT2D eigenvalue weighted by Crippen LogP contribution is -2.22. The molecule has 0 radical (unpaired) electrons. The van der Waals surface area contributed by atoms with Gasteiger partial charge in [0, 0.05) is 13.1 Å². The first-order valence-corrected chi connectivity index (χ1v) is 5.88. The van der Waals surface area contributed by atoms with Crippen molar-refractivity contribution < 1.29 is 19.1 Å². The molecule has 0 unspecified atom stereocenters. The lowest BCUT2D eigenvalue weighted by atomic mass is 10.1. The highest BCUT2D eigenvalue weighted by Gasteiger charge is 2.23. The van der Waals surface area contributed by atoms with Crippen LogP contribution in [0.1, 0.15) is 22.8 Å². The molecule has 2 aromatic rings. The fourth-order valence-corrected chi connectivity index (χ4v) is 1.98. The number of carbonyl (C=O) groups excluding carboxylic acids is 2. The summed E-state index contributed by atoms with van der Waals surface area (Å²) in [6.45, 7) is 2.69. The van der Waals surface area contributed by atoms with E-state index in [0.717, 1.165) is 0 Å². The number of aromatic nitrogens is 1. The van der Waals surface area contributed by atoms with Gasteiger partial charge in [-0.3, -0.25) is 14.0 Å². The number of pyridine rings is 2. The van der Waals surface area contributed by atoms with Gasteiger partial charge in [0.1, 0.15) is 5.56 Å². The molecule has 6 nitrogen and oxygen atoms in total. The normalized spacial score (nSPS) is 10.3. The maximum atomic E-state index is 12.2. The molecule has 20 heavy (non-hydrogen) atoms. The highest BCUT2D eigenvalue weighted by atomic mass is 16.5. The van der Waals surface area contributed by atoms with E-state index < -0.39 is 11.9 Å². The third-order valence-electron chi connectivity index (χ3n) is 2.86. The highest BCUT2D eigenvalue weighted by molar-refractivity contribution is 6.01. The predicted octanol–water partition coefficient (Wildman–Crippen LogP) is 1.32. The van der Waals surface area contributed by atoms with Gasteiger partial charge in [0.2, 0.25) is 0 Å². The zero-order chi connectivity index (χ0) is 14.9. The summed E-state index contributed by atoms with van der Waals surface area (Å²) in [6.07, 6.45) is 1.54. The van der Waals surface area contributed by atoms with Crippen LogP contribution in [0.2, 0.25) is 0 Å². The van der Waals surface area contributed by atoms with E-state index in [1.807, 2.05) is 0 Å². The molecule has 2 heterocycles. The molecule has 0 bridgehead atoms. The Labute approximate surface area is 114 Å². The van der Waals surface area contributed by atoms with Crippen LogP contribution in [0, 0.1) is 6.92 Å². The minimum atomic E-state index is -0.673. The molecule has 0 atom stereocenters. The van der Waals surface area contributed by atoms with Crippen molar-refractivity contribution in [1.82, 2.24) is 4.40 Å². The molecule has 104 valence electrons. The largest absolute Gasteiger partial charge is 0.465 e. The highest BCUT2D eigenvalue weighted by Crippen LogP contribution is 2.26. The lowest BCUT2D eigenvalue weighted by molar-refractivity contribution is -0.131. The molecule has 0 aliphatic carbocycles. The van der Waals surface area contributed by atoms with Crippen LogP contribution in [0.5, 0.6) is 5.75 Å². The van der Waals surface area contributed by atoms with Crippen LogP contribution in [0.15, 0.2) is 29.2 Å². The molecular formula is C14H13NO5. The minimum absolute atomic E-state index is 0.0550. The van der Waals surface area contributed by atoms with E-state index >= 15 is 0 Å². The van der Waals surface area contributed by atoms with E-state index in [1.54, 1.807) is 18.2 Å². The Balaban J connectivity index is 2.95. The smallest absolute Gasteiger partial charge is 0.343 e. The van der Waals surface area contributed by atoms with Gasteiger partial charge in [-0.1, -0.05) is 6.07 Å². The van der Waals surface area contributed by atoms with E-state index in [1.165, 1.54) is 31.6 Å². The molecule has 0 aliphatic rings. The summed E-state index contributed by atoms with van der Waals surface area (Å²) >= 11 is 0. The summed E-state index contributed by atoms with van der Waals surface area (Å²) in [5.74, 6) is -1.34. The second-order valence-electron chi connectivity index (χ2n) is 4.18. The number of hydrogen-bond acceptors (Lipinski definition) is 5. The molecule has 0 spiro atoms. The van der Waals surface area contributed by atoms with Crippen LogP contribution >= 0.6 is 0 Å². The molecule has 0 saturated heterocycles. The Kier molecular flexibility index (Phi) is 3.56. The number of methoxy groups -OCH3 is 1. The van der Waals surface area contributed by atoms with Gasteiger partial charge in [-0.25, -0.2) is 4.79 Å². The van der Waals surface area contributed by atoms with Crippen LogP contribution in [0.3, 0.4) is 0 Å². The number of carbonyl (C=O) groups is 2. The van der Waals surface area contributed by atoms with E-state index in [-0.39, 0.29) is 22.4 Å². The Morgan fingerprint density at radius 2 is 1.95 bits per heavy atom. The number of esters is 2. The molecule has 0 amide bonds. The topological polar surface area (TPSA) is 74.1 Å². The van der Waals surface area contributed by atoms with Crippen LogP contribution in [0.25, 0.3) is 5.52 Å². The van der Waals surface area contributed by atoms with Crippen molar-refractivity contribution in [1.29, 1.82) is 0 Å². The fraction of sp³-hybridized carbons (Fsp3) is 0.214. The molecule has 6 heteroatoms. The van der Waals surface area contributed by atoms with Gasteiger partial charge in [-0.05, 0) is 19.1 Å². The van der Waals surface area contributed by atoms with E-state index in [2.05, 4.69) is 0 Å². The van der Waals surface area contributed by atoms with E-state index in [0.29, 0.717) is 5.52 Å². The predicted molar refractivity (Wildman–Crippen MR) is 71.1 cm³/mol. The second-order valence-corrected chi connectivity index (χ2v) is 4.18. The van der Waals surface area contributed by atoms with Crippen LogP contribution in [-0.2, 0) is 9.53 Å². The lowest BCUT2D eigenvalue weighted by Gasteiger charge is -2.13. The first-order chi connectivity index (χ1) is 9.47. The van der Waals surface area contributed by atoms with Gasteiger partial charge < -0.3 is 9.47 Å². The summed E-state index contributed by atoms with van der Waals surface area (Å²) in [5, 5.41) is 0. The molecule has 0 aliphatic heterocycles. The van der Waals surface area contributed by atoms with Gasteiger partial charge in [-0.2, -0.15) is 0 Å². The Morgan fingerprint density at radius 1 is 1.25 bits per heavy atom. The third-order valence-corrected chi connectivity index (χ3v) is 2.86. The van der Waals surface area contributed by atoms with Gasteiger partial charge in [-0.15, -0.1) is 0 Å². The van der Waals surface area contributed by atoms with Gasteiger partial charge in [0.25, 0.3) is 5.56 Å². The van der Waals surface area contributed by atoms with Crippen molar-refractivity contribution in [2.45, 2.75) is 13.8 Å². The zero-order valence-corrected chi connectivity index (χ0v) is 11.3. The Hall–Kier alpha value is -2.63. The summed E-state index contributed by atoms with van der Waals surface area (Å²) in [7, 11) is 1.22. The average molecular weight is 275 g/mol. The first kappa shape index (κ1) is 13.8. The van der Waals surface area contributed by atoms with Crippen molar-refractivity contribution in [3.63, 3.8) is 0 Å². The minimum Gasteiger partial charge on any atom is -0.465 e. The Bertz CT molecular complexity index is 760. The van der Waals surface area contributed by atoms with Crippen molar-refractivity contribution in [3.8, 4) is 5.75 Å². The molecule has 0 fully saturated rings. The molecule has 2 aromatic heterocycles. The average Bonchev–Trinajstić information content (AvgIpc) is 2.43. The SMILES string of the molecule is COC(=O)c1c(OC(C)=O)c(C)c(=O)n2ccccc12. The third kappa shape index (κ3) is 2.16. The summed E-state index contributed by atoms with van der Waals surface area (Å²) < 4.78 is 11.1. The monoisotopic (exact) mass is 275 g/mol. The molecular weight excluding hydrogens is 262 g/mol. The fourth-order valence-electron chi connectivity index (χ4n) is 1.98. The summed E-state index contributed by atoms with van der Waals surface area (Å²) in [5.41, 5.74) is 0.195. The van der Waals surface area contributed by atoms with Crippen LogP contribution < -0.4 is 10.3 Å². The molecule has 0 aromatic carbocycles. The van der Waals surface area contributed by atoms with Crippen molar-refractivity contribution in [2.75, 3.05) is 7.11 Å². The molecule has 2 rings (SSSR count).